The first-order valence-corrected chi connectivity index (χ1v) is 9.28. The molecule has 6 rings (SSSR count). The van der Waals surface area contributed by atoms with E-state index in [0.29, 0.717) is 5.70 Å². The molecule has 3 aromatic rings. The summed E-state index contributed by atoms with van der Waals surface area (Å²) in [5.74, 6) is 0. The van der Waals surface area contributed by atoms with Gasteiger partial charge in [-0.25, -0.2) is 23.5 Å². The maximum absolute atomic E-state index is 13.4. The number of hydrogen-bond acceptors (Lipinski definition) is 2. The number of aromatic nitrogens is 3. The van der Waals surface area contributed by atoms with Crippen LogP contribution in [0.2, 0.25) is 0 Å². The molecule has 2 bridgehead atoms. The van der Waals surface area contributed by atoms with E-state index in [4.69, 9.17) is 0 Å². The van der Waals surface area contributed by atoms with Crippen LogP contribution >= 0.6 is 0 Å². The normalized spacial score (nSPS) is 19.4. The Hall–Kier alpha value is -3.60. The zero-order chi connectivity index (χ0) is 19.4. The molecule has 0 saturated carbocycles. The van der Waals surface area contributed by atoms with Gasteiger partial charge in [-0.15, -0.1) is 0 Å². The number of hydrogen-bond donors (Lipinski definition) is 0. The van der Waals surface area contributed by atoms with Gasteiger partial charge >= 0.3 is 11.4 Å². The van der Waals surface area contributed by atoms with Gasteiger partial charge in [0.1, 0.15) is 12.1 Å². The van der Waals surface area contributed by atoms with Crippen molar-refractivity contribution in [1.29, 1.82) is 0 Å². The number of rotatable bonds is 3. The van der Waals surface area contributed by atoms with Crippen molar-refractivity contribution in [2.45, 2.75) is 19.0 Å². The van der Waals surface area contributed by atoms with E-state index in [2.05, 4.69) is 6.58 Å². The van der Waals surface area contributed by atoms with Gasteiger partial charge in [-0.05, 0) is 41.3 Å². The Morgan fingerprint density at radius 3 is 1.64 bits per heavy atom. The Labute approximate surface area is 161 Å². The molecule has 5 nitrogen and oxygen atoms in total. The fourth-order valence-electron chi connectivity index (χ4n) is 4.54. The predicted octanol–water partition coefficient (Wildman–Crippen LogP) is 3.32. The van der Waals surface area contributed by atoms with Gasteiger partial charge in [0.05, 0.1) is 5.70 Å². The third-order valence-electron chi connectivity index (χ3n) is 5.55. The fourth-order valence-corrected chi connectivity index (χ4v) is 4.54. The van der Waals surface area contributed by atoms with Crippen LogP contribution in [0, 0.1) is 0 Å². The molecule has 0 N–H and O–H groups in total. The van der Waals surface area contributed by atoms with Crippen LogP contribution in [0.15, 0.2) is 89.0 Å². The molecule has 138 valence electrons. The Balaban J connectivity index is 1.90. The number of benzene rings is 2. The molecule has 3 aliphatic rings. The summed E-state index contributed by atoms with van der Waals surface area (Å²) in [5.41, 5.74) is 4.13. The van der Waals surface area contributed by atoms with Crippen LogP contribution in [0.1, 0.15) is 41.3 Å². The summed E-state index contributed by atoms with van der Waals surface area (Å²) in [6.45, 7) is 5.57. The first-order valence-electron chi connectivity index (χ1n) is 9.28. The van der Waals surface area contributed by atoms with E-state index in [1.807, 2.05) is 55.5 Å². The van der Waals surface area contributed by atoms with E-state index in [1.165, 1.54) is 4.57 Å². The third kappa shape index (κ3) is 1.96. The lowest BCUT2D eigenvalue weighted by Crippen LogP contribution is -2.44. The van der Waals surface area contributed by atoms with Gasteiger partial charge in [0.15, 0.2) is 0 Å². The van der Waals surface area contributed by atoms with Gasteiger partial charge in [-0.1, -0.05) is 67.3 Å². The second-order valence-corrected chi connectivity index (χ2v) is 6.98. The van der Waals surface area contributed by atoms with Gasteiger partial charge in [-0.3, -0.25) is 0 Å². The smallest absolute Gasteiger partial charge is 0.245 e. The molecule has 0 atom stereocenters. The lowest BCUT2D eigenvalue weighted by molar-refractivity contribution is 0.350. The summed E-state index contributed by atoms with van der Waals surface area (Å²) < 4.78 is 4.45. The van der Waals surface area contributed by atoms with Crippen molar-refractivity contribution in [3.05, 3.63) is 123 Å². The van der Waals surface area contributed by atoms with E-state index in [-0.39, 0.29) is 23.5 Å². The second-order valence-electron chi connectivity index (χ2n) is 6.98. The minimum Gasteiger partial charge on any atom is -0.245 e. The van der Waals surface area contributed by atoms with Crippen molar-refractivity contribution in [2.75, 3.05) is 0 Å². The molecule has 1 aliphatic carbocycles. The van der Waals surface area contributed by atoms with Gasteiger partial charge in [0.25, 0.3) is 0 Å². The van der Waals surface area contributed by atoms with Gasteiger partial charge < -0.3 is 0 Å². The summed E-state index contributed by atoms with van der Waals surface area (Å²) in [6.07, 6.45) is 6.82. The maximum Gasteiger partial charge on any atom is 0.352 e. The van der Waals surface area contributed by atoms with Crippen molar-refractivity contribution in [3.63, 3.8) is 0 Å². The number of allylic oxidation sites excluding steroid dienone is 5. The molecule has 0 amide bonds. The van der Waals surface area contributed by atoms with Gasteiger partial charge in [0, 0.05) is 0 Å². The minimum absolute atomic E-state index is 0.311. The lowest BCUT2D eigenvalue weighted by Gasteiger charge is -2.41. The number of nitrogens with zero attached hydrogens (tertiary/aromatic N) is 3. The molecule has 3 heterocycles. The van der Waals surface area contributed by atoms with Crippen molar-refractivity contribution < 1.29 is 0 Å². The van der Waals surface area contributed by atoms with E-state index >= 15 is 0 Å². The lowest BCUT2D eigenvalue weighted by atomic mass is 9.78. The Kier molecular flexibility index (Phi) is 3.52. The monoisotopic (exact) mass is 369 g/mol. The fraction of sp³-hybridized carbons (Fsp3) is 0.130. The van der Waals surface area contributed by atoms with E-state index < -0.39 is 0 Å². The van der Waals surface area contributed by atoms with E-state index in [0.717, 1.165) is 22.3 Å². The van der Waals surface area contributed by atoms with Crippen molar-refractivity contribution in [2.24, 2.45) is 0 Å². The van der Waals surface area contributed by atoms with Gasteiger partial charge in [-0.2, -0.15) is 0 Å². The molecular weight excluding hydrogens is 350 g/mol. The molecule has 28 heavy (non-hydrogen) atoms. The predicted molar refractivity (Wildman–Crippen MR) is 110 cm³/mol. The zero-order valence-electron chi connectivity index (χ0n) is 15.4. The average molecular weight is 369 g/mol. The van der Waals surface area contributed by atoms with Crippen LogP contribution in [0.4, 0.5) is 0 Å². The highest BCUT2D eigenvalue weighted by atomic mass is 16.2. The molecule has 1 aromatic heterocycles. The summed E-state index contributed by atoms with van der Waals surface area (Å²) in [6, 6.07) is 15.5. The maximum atomic E-state index is 13.4. The van der Waals surface area contributed by atoms with Crippen LogP contribution in [-0.2, 0) is 0 Å². The molecule has 0 spiro atoms. The first-order chi connectivity index (χ1) is 13.7. The Morgan fingerprint density at radius 1 is 0.857 bits per heavy atom. The van der Waals surface area contributed by atoms with E-state index in [9.17, 15) is 9.59 Å². The SMILES string of the molecule is C=C/C=C(\C=C/C)n1c(=O)n2n(c1=O)C1c3ccccc3C2c2ccccc21. The third-order valence-corrected chi connectivity index (χ3v) is 5.55. The highest BCUT2D eigenvalue weighted by Gasteiger charge is 2.44. The minimum atomic E-state index is -0.338. The second kappa shape index (κ2) is 5.96. The highest BCUT2D eigenvalue weighted by molar-refractivity contribution is 5.59. The Morgan fingerprint density at radius 2 is 1.29 bits per heavy atom. The van der Waals surface area contributed by atoms with Crippen LogP contribution in [0.25, 0.3) is 5.70 Å². The van der Waals surface area contributed by atoms with Crippen molar-refractivity contribution >= 4 is 5.70 Å². The van der Waals surface area contributed by atoms with Crippen LogP contribution in [0.3, 0.4) is 0 Å². The van der Waals surface area contributed by atoms with Crippen LogP contribution in [0.5, 0.6) is 0 Å². The van der Waals surface area contributed by atoms with Crippen molar-refractivity contribution in [3.8, 4) is 0 Å². The summed E-state index contributed by atoms with van der Waals surface area (Å²) >= 11 is 0. The van der Waals surface area contributed by atoms with Crippen molar-refractivity contribution in [1.82, 2.24) is 13.9 Å². The molecular formula is C23H19N3O2. The standard InChI is InChI=1S/C23H19N3O2/c1-3-9-15(10-4-2)24-22(27)25-20-16-11-5-6-12-17(16)21(26(25)23(24)28)19-14-8-7-13-18(19)20/h3-14,20-21H,1H2,2H3/b10-4-,15-9+. The van der Waals surface area contributed by atoms with Crippen LogP contribution in [-0.4, -0.2) is 13.9 Å². The molecule has 5 heteroatoms. The molecule has 0 saturated heterocycles. The largest absolute Gasteiger partial charge is 0.352 e. The summed E-state index contributed by atoms with van der Waals surface area (Å²) in [4.78, 5) is 26.9. The zero-order valence-corrected chi connectivity index (χ0v) is 15.4. The molecule has 0 radical (unpaired) electrons. The Bertz CT molecular complexity index is 1170. The first kappa shape index (κ1) is 16.6. The molecule has 2 aromatic carbocycles. The molecule has 2 aliphatic heterocycles. The molecule has 0 fully saturated rings. The summed E-state index contributed by atoms with van der Waals surface area (Å²) in [5, 5.41) is 0. The molecule has 0 unspecified atom stereocenters. The van der Waals surface area contributed by atoms with E-state index in [1.54, 1.807) is 33.7 Å². The van der Waals surface area contributed by atoms with Crippen LogP contribution < -0.4 is 11.4 Å². The quantitative estimate of drug-likeness (QED) is 0.458. The summed E-state index contributed by atoms with van der Waals surface area (Å²) in [7, 11) is 0. The average Bonchev–Trinajstić information content (AvgIpc) is 2.99. The van der Waals surface area contributed by atoms with Gasteiger partial charge in [0.2, 0.25) is 0 Å². The topological polar surface area (TPSA) is 48.9 Å². The highest BCUT2D eigenvalue weighted by Crippen LogP contribution is 2.47.